The van der Waals surface area contributed by atoms with Gasteiger partial charge in [0.05, 0.1) is 12.7 Å². The Balaban J connectivity index is 1.62. The zero-order chi connectivity index (χ0) is 17.1. The number of carbonyl (C=O) groups is 2. The highest BCUT2D eigenvalue weighted by molar-refractivity contribution is 5.89. The molecule has 24 heavy (non-hydrogen) atoms. The third-order valence-electron chi connectivity index (χ3n) is 4.77. The van der Waals surface area contributed by atoms with Gasteiger partial charge in [-0.15, -0.1) is 0 Å². The number of amides is 1. The third-order valence-corrected chi connectivity index (χ3v) is 4.77. The van der Waals surface area contributed by atoms with E-state index < -0.39 is 0 Å². The van der Waals surface area contributed by atoms with Gasteiger partial charge in [0.1, 0.15) is 6.10 Å². The molecule has 0 radical (unpaired) electrons. The molecule has 2 unspecified atom stereocenters. The van der Waals surface area contributed by atoms with Gasteiger partial charge in [0.15, 0.2) is 0 Å². The molecule has 1 aromatic rings. The van der Waals surface area contributed by atoms with E-state index in [0.29, 0.717) is 18.7 Å². The molecule has 2 atom stereocenters. The molecular weight excluding hydrogens is 308 g/mol. The molecule has 0 N–H and O–H groups in total. The number of ether oxygens (including phenoxy) is 2. The van der Waals surface area contributed by atoms with E-state index in [0.717, 1.165) is 31.6 Å². The van der Waals surface area contributed by atoms with E-state index in [9.17, 15) is 9.59 Å². The quantitative estimate of drug-likeness (QED) is 0.789. The molecule has 2 fully saturated rings. The van der Waals surface area contributed by atoms with E-state index in [1.807, 2.05) is 17.0 Å². The van der Waals surface area contributed by atoms with Gasteiger partial charge in [0.25, 0.3) is 5.91 Å². The van der Waals surface area contributed by atoms with E-state index in [2.05, 4.69) is 11.8 Å². The van der Waals surface area contributed by atoms with Gasteiger partial charge in [-0.25, -0.2) is 4.79 Å². The molecular formula is C18H24N2O4. The van der Waals surface area contributed by atoms with E-state index in [1.54, 1.807) is 12.1 Å². The minimum atomic E-state index is -0.332. The van der Waals surface area contributed by atoms with Crippen molar-refractivity contribution in [3.05, 3.63) is 29.8 Å². The Morgan fingerprint density at radius 2 is 1.96 bits per heavy atom. The van der Waals surface area contributed by atoms with Crippen molar-refractivity contribution in [3.8, 4) is 0 Å². The molecule has 2 aliphatic heterocycles. The van der Waals surface area contributed by atoms with Crippen LogP contribution < -0.4 is 4.90 Å². The third kappa shape index (κ3) is 3.38. The maximum atomic E-state index is 12.5. The van der Waals surface area contributed by atoms with Crippen LogP contribution in [0.15, 0.2) is 24.3 Å². The summed E-state index contributed by atoms with van der Waals surface area (Å²) in [5, 5.41) is 0. The predicted molar refractivity (Wildman–Crippen MR) is 90.1 cm³/mol. The van der Waals surface area contributed by atoms with Gasteiger partial charge in [0.2, 0.25) is 0 Å². The van der Waals surface area contributed by atoms with Crippen molar-refractivity contribution in [2.45, 2.75) is 31.9 Å². The van der Waals surface area contributed by atoms with Gasteiger partial charge in [-0.05, 0) is 44.0 Å². The van der Waals surface area contributed by atoms with Crippen LogP contribution in [-0.4, -0.2) is 62.3 Å². The zero-order valence-corrected chi connectivity index (χ0v) is 14.2. The Labute approximate surface area is 142 Å². The van der Waals surface area contributed by atoms with E-state index >= 15 is 0 Å². The largest absolute Gasteiger partial charge is 0.465 e. The van der Waals surface area contributed by atoms with Crippen LogP contribution in [0.4, 0.5) is 5.69 Å². The maximum Gasteiger partial charge on any atom is 0.337 e. The first-order valence-corrected chi connectivity index (χ1v) is 8.45. The average molecular weight is 332 g/mol. The highest BCUT2D eigenvalue weighted by Gasteiger charge is 2.33. The monoisotopic (exact) mass is 332 g/mol. The molecule has 0 aromatic heterocycles. The smallest absolute Gasteiger partial charge is 0.337 e. The van der Waals surface area contributed by atoms with Crippen LogP contribution in [0.25, 0.3) is 0 Å². The fourth-order valence-electron chi connectivity index (χ4n) is 3.40. The lowest BCUT2D eigenvalue weighted by Crippen LogP contribution is -2.56. The summed E-state index contributed by atoms with van der Waals surface area (Å²) in [5.74, 6) is -0.206. The molecule has 3 rings (SSSR count). The fourth-order valence-corrected chi connectivity index (χ4v) is 3.40. The number of piperazine rings is 1. The number of hydrogen-bond acceptors (Lipinski definition) is 5. The predicted octanol–water partition coefficient (Wildman–Crippen LogP) is 1.69. The first kappa shape index (κ1) is 16.8. The number of rotatable bonds is 3. The molecule has 1 amide bonds. The number of hydrogen-bond donors (Lipinski definition) is 0. The molecule has 6 heteroatoms. The first-order chi connectivity index (χ1) is 11.6. The van der Waals surface area contributed by atoms with Crippen LogP contribution in [0.1, 0.15) is 30.1 Å². The lowest BCUT2D eigenvalue weighted by molar-refractivity contribution is -0.143. The van der Waals surface area contributed by atoms with Gasteiger partial charge in [-0.3, -0.25) is 4.79 Å². The zero-order valence-electron chi connectivity index (χ0n) is 14.2. The number of esters is 1. The highest BCUT2D eigenvalue weighted by atomic mass is 16.5. The Morgan fingerprint density at radius 1 is 1.21 bits per heavy atom. The topological polar surface area (TPSA) is 59.1 Å². The molecule has 0 spiro atoms. The minimum absolute atomic E-state index is 0.126. The Bertz CT molecular complexity index is 596. The van der Waals surface area contributed by atoms with Gasteiger partial charge in [-0.2, -0.15) is 0 Å². The van der Waals surface area contributed by atoms with E-state index in [1.165, 1.54) is 7.11 Å². The van der Waals surface area contributed by atoms with Crippen molar-refractivity contribution in [2.24, 2.45) is 0 Å². The second-order valence-corrected chi connectivity index (χ2v) is 6.37. The number of carbonyl (C=O) groups excluding carboxylic acids is 2. The Morgan fingerprint density at radius 3 is 2.54 bits per heavy atom. The molecule has 130 valence electrons. The molecule has 0 saturated carbocycles. The van der Waals surface area contributed by atoms with Crippen molar-refractivity contribution < 1.29 is 19.1 Å². The lowest BCUT2D eigenvalue weighted by atomic mass is 10.1. The van der Waals surface area contributed by atoms with Gasteiger partial charge in [-0.1, -0.05) is 0 Å². The molecule has 1 aromatic carbocycles. The van der Waals surface area contributed by atoms with Crippen molar-refractivity contribution in [3.63, 3.8) is 0 Å². The molecule has 2 aliphatic rings. The molecule has 6 nitrogen and oxygen atoms in total. The highest BCUT2D eigenvalue weighted by Crippen LogP contribution is 2.22. The maximum absolute atomic E-state index is 12.5. The summed E-state index contributed by atoms with van der Waals surface area (Å²) in [6, 6.07) is 7.54. The Hall–Kier alpha value is -2.08. The van der Waals surface area contributed by atoms with Crippen LogP contribution in [0.2, 0.25) is 0 Å². The first-order valence-electron chi connectivity index (χ1n) is 8.45. The van der Waals surface area contributed by atoms with Crippen LogP contribution in [0.3, 0.4) is 0 Å². The van der Waals surface area contributed by atoms with Crippen molar-refractivity contribution in [1.82, 2.24) is 4.90 Å². The number of nitrogens with zero attached hydrogens (tertiary/aromatic N) is 2. The van der Waals surface area contributed by atoms with Crippen LogP contribution in [0, 0.1) is 0 Å². The second kappa shape index (κ2) is 7.21. The van der Waals surface area contributed by atoms with Crippen molar-refractivity contribution in [1.29, 1.82) is 0 Å². The number of anilines is 1. The lowest BCUT2D eigenvalue weighted by Gasteiger charge is -2.41. The molecule has 0 aliphatic carbocycles. The normalized spacial score (nSPS) is 24.1. The van der Waals surface area contributed by atoms with Crippen molar-refractivity contribution in [2.75, 3.05) is 38.3 Å². The summed E-state index contributed by atoms with van der Waals surface area (Å²) in [5.41, 5.74) is 1.60. The summed E-state index contributed by atoms with van der Waals surface area (Å²) in [6.07, 6.45) is 1.55. The number of benzene rings is 1. The van der Waals surface area contributed by atoms with Gasteiger partial charge in [0, 0.05) is 38.0 Å². The average Bonchev–Trinajstić information content (AvgIpc) is 3.15. The van der Waals surface area contributed by atoms with E-state index in [4.69, 9.17) is 9.47 Å². The summed E-state index contributed by atoms with van der Waals surface area (Å²) < 4.78 is 10.2. The van der Waals surface area contributed by atoms with Crippen molar-refractivity contribution >= 4 is 17.6 Å². The summed E-state index contributed by atoms with van der Waals surface area (Å²) in [6.45, 7) is 5.01. The fraction of sp³-hybridized carbons (Fsp3) is 0.556. The van der Waals surface area contributed by atoms with Gasteiger partial charge < -0.3 is 19.3 Å². The molecule has 2 saturated heterocycles. The molecule has 0 bridgehead atoms. The molecule has 2 heterocycles. The number of methoxy groups -OCH3 is 1. The van der Waals surface area contributed by atoms with E-state index in [-0.39, 0.29) is 24.0 Å². The SMILES string of the molecule is COC(=O)c1ccc(N2CCN(C(=O)C3CCCO3)C(C)C2)cc1. The second-order valence-electron chi connectivity index (χ2n) is 6.37. The van der Waals surface area contributed by atoms with Crippen LogP contribution >= 0.6 is 0 Å². The standard InChI is InChI=1S/C18H24N2O4/c1-13-12-19(15-7-5-14(6-8-15)18(22)23-2)9-10-20(13)17(21)16-4-3-11-24-16/h5-8,13,16H,3-4,9-12H2,1-2H3. The van der Waals surface area contributed by atoms with Crippen LogP contribution in [-0.2, 0) is 14.3 Å². The summed E-state index contributed by atoms with van der Waals surface area (Å²) in [4.78, 5) is 28.2. The Kier molecular flexibility index (Phi) is 5.04. The van der Waals surface area contributed by atoms with Gasteiger partial charge >= 0.3 is 5.97 Å². The minimum Gasteiger partial charge on any atom is -0.465 e. The summed E-state index contributed by atoms with van der Waals surface area (Å²) >= 11 is 0. The van der Waals surface area contributed by atoms with Crippen LogP contribution in [0.5, 0.6) is 0 Å². The summed E-state index contributed by atoms with van der Waals surface area (Å²) in [7, 11) is 1.38.